The monoisotopic (exact) mass is 450 g/mol. The van der Waals surface area contributed by atoms with E-state index in [1.165, 1.54) is 23.1 Å². The Bertz CT molecular complexity index is 920. The second-order valence-electron chi connectivity index (χ2n) is 7.95. The van der Waals surface area contributed by atoms with E-state index in [4.69, 9.17) is 0 Å². The van der Waals surface area contributed by atoms with Gasteiger partial charge in [0.25, 0.3) is 0 Å². The van der Waals surface area contributed by atoms with Crippen molar-refractivity contribution in [3.63, 3.8) is 0 Å². The molecule has 0 aliphatic heterocycles. The van der Waals surface area contributed by atoms with E-state index in [2.05, 4.69) is 11.9 Å². The molecule has 0 bridgehead atoms. The lowest BCUT2D eigenvalue weighted by Gasteiger charge is -2.28. The van der Waals surface area contributed by atoms with E-state index < -0.39 is 17.8 Å². The van der Waals surface area contributed by atoms with Crippen molar-refractivity contribution in [3.05, 3.63) is 66.5 Å². The Kier molecular flexibility index (Phi) is 8.51. The Morgan fingerprint density at radius 2 is 1.81 bits per heavy atom. The van der Waals surface area contributed by atoms with Crippen LogP contribution in [0.4, 0.5) is 23.7 Å². The summed E-state index contributed by atoms with van der Waals surface area (Å²) in [6.07, 6.45) is -1.07. The largest absolute Gasteiger partial charge is 0.416 e. The number of rotatable bonds is 9. The maximum Gasteiger partial charge on any atom is 0.416 e. The van der Waals surface area contributed by atoms with E-state index in [-0.39, 0.29) is 30.6 Å². The topological polar surface area (TPSA) is 57.6 Å². The number of aryl methyl sites for hydroxylation is 1. The molecular weight excluding hydrogens is 421 g/mol. The van der Waals surface area contributed by atoms with Gasteiger partial charge in [-0.15, -0.1) is 6.58 Å². The van der Waals surface area contributed by atoms with Gasteiger partial charge in [-0.1, -0.05) is 19.9 Å². The van der Waals surface area contributed by atoms with Crippen molar-refractivity contribution in [2.45, 2.75) is 26.6 Å². The summed E-state index contributed by atoms with van der Waals surface area (Å²) in [6, 6.07) is 7.37. The van der Waals surface area contributed by atoms with E-state index >= 15 is 0 Å². The van der Waals surface area contributed by atoms with Crippen LogP contribution in [0.5, 0.6) is 0 Å². The maximum absolute atomic E-state index is 13.0. The van der Waals surface area contributed by atoms with E-state index in [0.29, 0.717) is 13.1 Å². The average molecular weight is 451 g/mol. The highest BCUT2D eigenvalue weighted by atomic mass is 19.4. The first-order valence-corrected chi connectivity index (χ1v) is 10.2. The molecule has 6 nitrogen and oxygen atoms in total. The Morgan fingerprint density at radius 1 is 1.16 bits per heavy atom. The molecule has 1 N–H and O–H groups in total. The molecular formula is C23H29F3N4O2. The molecule has 0 saturated carbocycles. The summed E-state index contributed by atoms with van der Waals surface area (Å²) in [4.78, 5) is 28.7. The van der Waals surface area contributed by atoms with Crippen LogP contribution in [0, 0.1) is 5.92 Å². The molecule has 0 atom stereocenters. The first-order chi connectivity index (χ1) is 15.0. The molecule has 0 aliphatic rings. The van der Waals surface area contributed by atoms with Gasteiger partial charge in [0.2, 0.25) is 5.91 Å². The molecule has 32 heavy (non-hydrogen) atoms. The normalized spacial score (nSPS) is 11.3. The number of carbonyl (C=O) groups is 2. The zero-order chi connectivity index (χ0) is 23.9. The molecule has 1 aromatic carbocycles. The summed E-state index contributed by atoms with van der Waals surface area (Å²) in [5.41, 5.74) is 0.356. The highest BCUT2D eigenvalue weighted by Crippen LogP contribution is 2.29. The van der Waals surface area contributed by atoms with Crippen molar-refractivity contribution in [2.24, 2.45) is 13.0 Å². The highest BCUT2D eigenvalue weighted by Gasteiger charge is 2.30. The van der Waals surface area contributed by atoms with Crippen LogP contribution >= 0.6 is 0 Å². The van der Waals surface area contributed by atoms with Crippen LogP contribution in [-0.2, 0) is 24.6 Å². The Morgan fingerprint density at radius 3 is 2.31 bits per heavy atom. The molecule has 9 heteroatoms. The summed E-state index contributed by atoms with van der Waals surface area (Å²) >= 11 is 0. The molecule has 0 radical (unpaired) electrons. The number of nitrogens with zero attached hydrogens (tertiary/aromatic N) is 3. The van der Waals surface area contributed by atoms with Gasteiger partial charge in [-0.25, -0.2) is 4.79 Å². The van der Waals surface area contributed by atoms with Crippen LogP contribution in [0.25, 0.3) is 0 Å². The average Bonchev–Trinajstić information content (AvgIpc) is 3.11. The van der Waals surface area contributed by atoms with Crippen LogP contribution < -0.4 is 5.32 Å². The number of hydrogen-bond acceptors (Lipinski definition) is 2. The predicted molar refractivity (Wildman–Crippen MR) is 118 cm³/mol. The fourth-order valence-corrected chi connectivity index (χ4v) is 3.14. The van der Waals surface area contributed by atoms with Gasteiger partial charge in [-0.2, -0.15) is 13.2 Å². The lowest BCUT2D eigenvalue weighted by atomic mass is 10.2. The summed E-state index contributed by atoms with van der Waals surface area (Å²) < 4.78 is 40.1. The summed E-state index contributed by atoms with van der Waals surface area (Å²) in [6.45, 7) is 8.48. The molecule has 0 aliphatic carbocycles. The van der Waals surface area contributed by atoms with Crippen molar-refractivity contribution in [1.29, 1.82) is 0 Å². The number of halogens is 3. The fourth-order valence-electron chi connectivity index (χ4n) is 3.14. The number of hydrogen-bond donors (Lipinski definition) is 1. The molecule has 2 rings (SSSR count). The molecule has 174 valence electrons. The number of amides is 3. The summed E-state index contributed by atoms with van der Waals surface area (Å²) in [7, 11) is 1.90. The quantitative estimate of drug-likeness (QED) is 0.561. The number of alkyl halides is 3. The van der Waals surface area contributed by atoms with E-state index in [1.807, 2.05) is 43.8 Å². The van der Waals surface area contributed by atoms with Crippen molar-refractivity contribution in [3.8, 4) is 0 Å². The molecule has 0 spiro atoms. The Labute approximate surface area is 186 Å². The maximum atomic E-state index is 13.0. The zero-order valence-corrected chi connectivity index (χ0v) is 18.5. The van der Waals surface area contributed by atoms with Crippen LogP contribution in [0.1, 0.15) is 25.1 Å². The lowest BCUT2D eigenvalue weighted by molar-refractivity contribution is -0.137. The number of benzene rings is 1. The second-order valence-corrected chi connectivity index (χ2v) is 7.95. The van der Waals surface area contributed by atoms with Gasteiger partial charge in [-0.05, 0) is 42.3 Å². The second kappa shape index (κ2) is 10.9. The van der Waals surface area contributed by atoms with Crippen molar-refractivity contribution in [1.82, 2.24) is 14.4 Å². The minimum Gasteiger partial charge on any atom is -0.353 e. The smallest absolute Gasteiger partial charge is 0.353 e. The molecule has 0 saturated heterocycles. The number of carbonyl (C=O) groups excluding carboxylic acids is 2. The van der Waals surface area contributed by atoms with Crippen molar-refractivity contribution in [2.75, 3.05) is 25.0 Å². The molecule has 1 aromatic heterocycles. The minimum absolute atomic E-state index is 0.109. The SMILES string of the molecule is C=CCN(CC(=O)N(Cc1cccn1C)CC(C)C)C(=O)Nc1ccc(C(F)(F)F)cc1. The van der Waals surface area contributed by atoms with Crippen molar-refractivity contribution >= 4 is 17.6 Å². The first kappa shape index (κ1) is 25.0. The van der Waals surface area contributed by atoms with E-state index in [1.54, 1.807) is 4.90 Å². The van der Waals surface area contributed by atoms with Crippen LogP contribution in [0.2, 0.25) is 0 Å². The molecule has 0 fully saturated rings. The molecule has 2 aromatic rings. The lowest BCUT2D eigenvalue weighted by Crippen LogP contribution is -2.45. The number of anilines is 1. The van der Waals surface area contributed by atoms with Gasteiger partial charge in [0, 0.05) is 37.7 Å². The zero-order valence-electron chi connectivity index (χ0n) is 18.5. The van der Waals surface area contributed by atoms with Gasteiger partial charge in [-0.3, -0.25) is 4.79 Å². The van der Waals surface area contributed by atoms with Gasteiger partial charge >= 0.3 is 12.2 Å². The minimum atomic E-state index is -4.46. The van der Waals surface area contributed by atoms with Crippen molar-refractivity contribution < 1.29 is 22.8 Å². The van der Waals surface area contributed by atoms with E-state index in [9.17, 15) is 22.8 Å². The van der Waals surface area contributed by atoms with Gasteiger partial charge in [0.1, 0.15) is 6.54 Å². The Hall–Kier alpha value is -3.23. The molecule has 0 unspecified atom stereocenters. The predicted octanol–water partition coefficient (Wildman–Crippen LogP) is 4.75. The number of urea groups is 1. The molecule has 1 heterocycles. The third-order valence-corrected chi connectivity index (χ3v) is 4.77. The van der Waals surface area contributed by atoms with Crippen LogP contribution in [0.15, 0.2) is 55.3 Å². The van der Waals surface area contributed by atoms with Crippen LogP contribution in [-0.4, -0.2) is 45.9 Å². The first-order valence-electron chi connectivity index (χ1n) is 10.2. The highest BCUT2D eigenvalue weighted by molar-refractivity contribution is 5.92. The van der Waals surface area contributed by atoms with Gasteiger partial charge in [0.15, 0.2) is 0 Å². The van der Waals surface area contributed by atoms with E-state index in [0.717, 1.165) is 17.8 Å². The van der Waals surface area contributed by atoms with Gasteiger partial charge in [0.05, 0.1) is 12.1 Å². The summed E-state index contributed by atoms with van der Waals surface area (Å²) in [5, 5.41) is 2.54. The standard InChI is InChI=1S/C23H29F3N4O2/c1-5-12-29(22(32)27-19-10-8-18(9-11-19)23(24,25)26)16-21(31)30(14-17(2)3)15-20-7-6-13-28(20)4/h5-11,13,17H,1,12,14-16H2,2-4H3,(H,27,32). The fraction of sp³-hybridized carbons (Fsp3) is 0.391. The molecule has 3 amide bonds. The Balaban J connectivity index is 2.10. The van der Waals surface area contributed by atoms with Crippen LogP contribution in [0.3, 0.4) is 0 Å². The third-order valence-electron chi connectivity index (χ3n) is 4.77. The number of aromatic nitrogens is 1. The third kappa shape index (κ3) is 7.18. The summed E-state index contributed by atoms with van der Waals surface area (Å²) in [5.74, 6) is -0.00244. The number of nitrogens with one attached hydrogen (secondary N) is 1. The van der Waals surface area contributed by atoms with Gasteiger partial charge < -0.3 is 19.7 Å².